The number of anilines is 2. The van der Waals surface area contributed by atoms with E-state index in [2.05, 4.69) is 29.7 Å². The number of piperidine rings is 1. The topological polar surface area (TPSA) is 131 Å². The number of nitrogens with one attached hydrogen (secondary N) is 1. The number of ether oxygens (including phenoxy) is 3. The summed E-state index contributed by atoms with van der Waals surface area (Å²) in [5.41, 5.74) is 1.60. The molecule has 0 bridgehead atoms. The van der Waals surface area contributed by atoms with Crippen molar-refractivity contribution in [3.63, 3.8) is 0 Å². The Labute approximate surface area is 295 Å². The molecular weight excluding hydrogens is 665 g/mol. The molecule has 1 saturated carbocycles. The summed E-state index contributed by atoms with van der Waals surface area (Å²) in [5, 5.41) is 0. The first-order chi connectivity index (χ1) is 24.5. The highest BCUT2D eigenvalue weighted by atomic mass is 19.4. The van der Waals surface area contributed by atoms with Crippen LogP contribution in [-0.2, 0) is 20.4 Å². The van der Waals surface area contributed by atoms with E-state index in [0.717, 1.165) is 37.4 Å². The van der Waals surface area contributed by atoms with Crippen molar-refractivity contribution >= 4 is 28.6 Å². The standard InChI is InChI=1S/C36H45F3N8O4/c1-5-50-33-25(36(37,38)39)16-24(18-42-33)26-17-28(46(3)21-35(22-49-4)12-8-7-9-13-35)30-32(43-26)45-31(44-30)27-19-41-29(20-40-27)47-14-10-23(11-15-47)34(48)51-6-2/h16-20,23H,5-15,21-22H2,1-4H3,(H,43,44,45). The number of carbonyl (C=O) groups excluding carboxylic acids is 1. The lowest BCUT2D eigenvalue weighted by molar-refractivity contribution is -0.148. The Hall–Kier alpha value is -4.53. The summed E-state index contributed by atoms with van der Waals surface area (Å²) in [4.78, 5) is 42.6. The SMILES string of the molecule is CCOC(=O)C1CCN(c2cnc(-c3nc4nc(-c5cnc(OCC)c(C(F)(F)F)c5)cc(N(C)CC5(COC)CCCCC5)c4[nH]3)cn2)CC1. The van der Waals surface area contributed by atoms with Crippen LogP contribution in [0.5, 0.6) is 5.88 Å². The minimum atomic E-state index is -4.67. The molecule has 4 aromatic rings. The number of esters is 1. The Morgan fingerprint density at radius 1 is 1.00 bits per heavy atom. The van der Waals surface area contributed by atoms with Gasteiger partial charge in [0.15, 0.2) is 11.5 Å². The van der Waals surface area contributed by atoms with Gasteiger partial charge < -0.3 is 29.0 Å². The number of nitrogens with zero attached hydrogens (tertiary/aromatic N) is 7. The maximum Gasteiger partial charge on any atom is 0.421 e. The molecule has 1 aliphatic carbocycles. The highest BCUT2D eigenvalue weighted by Crippen LogP contribution is 2.41. The van der Waals surface area contributed by atoms with Gasteiger partial charge in [-0.15, -0.1) is 0 Å². The molecular formula is C36H45F3N8O4. The number of carbonyl (C=O) groups is 1. The van der Waals surface area contributed by atoms with Gasteiger partial charge >= 0.3 is 12.1 Å². The van der Waals surface area contributed by atoms with Gasteiger partial charge in [0.25, 0.3) is 0 Å². The van der Waals surface area contributed by atoms with Crippen molar-refractivity contribution in [1.29, 1.82) is 0 Å². The zero-order valence-electron chi connectivity index (χ0n) is 29.6. The number of alkyl halides is 3. The molecule has 0 atom stereocenters. The lowest BCUT2D eigenvalue weighted by atomic mass is 9.74. The molecule has 2 aliphatic rings. The number of pyridine rings is 2. The Morgan fingerprint density at radius 2 is 1.76 bits per heavy atom. The Kier molecular flexibility index (Phi) is 10.9. The fourth-order valence-corrected chi connectivity index (χ4v) is 7.34. The molecule has 4 aromatic heterocycles. The summed E-state index contributed by atoms with van der Waals surface area (Å²) in [7, 11) is 3.69. The Balaban J connectivity index is 1.35. The van der Waals surface area contributed by atoms with Crippen LogP contribution in [0.2, 0.25) is 0 Å². The summed E-state index contributed by atoms with van der Waals surface area (Å²) in [6.45, 7) is 6.43. The Bertz CT molecular complexity index is 1800. The minimum absolute atomic E-state index is 0.0473. The van der Waals surface area contributed by atoms with Crippen LogP contribution in [0.4, 0.5) is 24.7 Å². The zero-order chi connectivity index (χ0) is 36.2. The predicted octanol–water partition coefficient (Wildman–Crippen LogP) is 6.71. The third-order valence-electron chi connectivity index (χ3n) is 9.84. The molecule has 6 rings (SSSR count). The van der Waals surface area contributed by atoms with Gasteiger partial charge in [-0.1, -0.05) is 19.3 Å². The maximum atomic E-state index is 14.1. The maximum absolute atomic E-state index is 14.1. The lowest BCUT2D eigenvalue weighted by Gasteiger charge is -2.40. The van der Waals surface area contributed by atoms with Crippen LogP contribution >= 0.6 is 0 Å². The molecule has 0 unspecified atom stereocenters. The van der Waals surface area contributed by atoms with Crippen molar-refractivity contribution in [1.82, 2.24) is 29.9 Å². The molecule has 274 valence electrons. The first-order valence-electron chi connectivity index (χ1n) is 17.6. The molecule has 1 N–H and O–H groups in total. The van der Waals surface area contributed by atoms with Gasteiger partial charge in [0.05, 0.1) is 49.5 Å². The largest absolute Gasteiger partial charge is 0.478 e. The lowest BCUT2D eigenvalue weighted by Crippen LogP contribution is -2.40. The molecule has 0 aromatic carbocycles. The summed E-state index contributed by atoms with van der Waals surface area (Å²) >= 11 is 0. The second-order valence-corrected chi connectivity index (χ2v) is 13.4. The summed E-state index contributed by atoms with van der Waals surface area (Å²) in [6, 6.07) is 2.80. The van der Waals surface area contributed by atoms with Crippen LogP contribution in [0.15, 0.2) is 30.7 Å². The number of aromatic amines is 1. The first kappa shape index (κ1) is 36.3. The molecule has 2 fully saturated rings. The quantitative estimate of drug-likeness (QED) is 0.158. The van der Waals surface area contributed by atoms with Crippen LogP contribution in [0.25, 0.3) is 33.9 Å². The third-order valence-corrected chi connectivity index (χ3v) is 9.84. The molecule has 0 radical (unpaired) electrons. The monoisotopic (exact) mass is 710 g/mol. The fourth-order valence-electron chi connectivity index (χ4n) is 7.34. The van der Waals surface area contributed by atoms with Gasteiger partial charge in [-0.25, -0.2) is 24.9 Å². The highest BCUT2D eigenvalue weighted by molar-refractivity contribution is 5.91. The van der Waals surface area contributed by atoms with E-state index >= 15 is 0 Å². The second kappa shape index (κ2) is 15.4. The molecule has 12 nitrogen and oxygen atoms in total. The van der Waals surface area contributed by atoms with Crippen LogP contribution in [0.1, 0.15) is 64.4 Å². The van der Waals surface area contributed by atoms with E-state index in [-0.39, 0.29) is 29.5 Å². The van der Waals surface area contributed by atoms with E-state index in [0.29, 0.717) is 79.9 Å². The molecule has 0 amide bonds. The van der Waals surface area contributed by atoms with Gasteiger partial charge in [0.1, 0.15) is 22.6 Å². The van der Waals surface area contributed by atoms with Gasteiger partial charge in [0.2, 0.25) is 5.88 Å². The van der Waals surface area contributed by atoms with Gasteiger partial charge in [-0.3, -0.25) is 4.79 Å². The number of hydrogen-bond acceptors (Lipinski definition) is 11. The van der Waals surface area contributed by atoms with Crippen molar-refractivity contribution in [3.8, 4) is 28.7 Å². The van der Waals surface area contributed by atoms with Crippen LogP contribution in [-0.4, -0.2) is 89.5 Å². The predicted molar refractivity (Wildman–Crippen MR) is 187 cm³/mol. The highest BCUT2D eigenvalue weighted by Gasteiger charge is 2.37. The fraction of sp³-hybridized carbons (Fsp3) is 0.556. The van der Waals surface area contributed by atoms with Crippen molar-refractivity contribution < 1.29 is 32.2 Å². The van der Waals surface area contributed by atoms with Crippen LogP contribution < -0.4 is 14.5 Å². The third kappa shape index (κ3) is 8.03. The summed E-state index contributed by atoms with van der Waals surface area (Å²) in [5.74, 6) is 0.373. The van der Waals surface area contributed by atoms with Gasteiger partial charge in [-0.2, -0.15) is 13.2 Å². The molecule has 15 heteroatoms. The van der Waals surface area contributed by atoms with Crippen LogP contribution in [0, 0.1) is 11.3 Å². The molecule has 1 aliphatic heterocycles. The van der Waals surface area contributed by atoms with Gasteiger partial charge in [-0.05, 0) is 51.7 Å². The van der Waals surface area contributed by atoms with E-state index < -0.39 is 17.6 Å². The molecule has 5 heterocycles. The summed E-state index contributed by atoms with van der Waals surface area (Å²) in [6.07, 6.45) is 6.77. The number of fused-ring (bicyclic) bond motifs is 1. The van der Waals surface area contributed by atoms with Gasteiger partial charge in [0, 0.05) is 51.0 Å². The van der Waals surface area contributed by atoms with E-state index in [1.165, 1.54) is 12.6 Å². The number of methoxy groups -OCH3 is 1. The van der Waals surface area contributed by atoms with Crippen LogP contribution in [0.3, 0.4) is 0 Å². The zero-order valence-corrected chi connectivity index (χ0v) is 29.6. The van der Waals surface area contributed by atoms with E-state index in [1.807, 2.05) is 14.0 Å². The molecule has 51 heavy (non-hydrogen) atoms. The van der Waals surface area contributed by atoms with Crippen molar-refractivity contribution in [2.24, 2.45) is 11.3 Å². The molecule has 0 spiro atoms. The number of H-pyrrole nitrogens is 1. The van der Waals surface area contributed by atoms with Crippen molar-refractivity contribution in [2.75, 3.05) is 63.4 Å². The number of imidazole rings is 1. The smallest absolute Gasteiger partial charge is 0.421 e. The van der Waals surface area contributed by atoms with E-state index in [9.17, 15) is 18.0 Å². The van der Waals surface area contributed by atoms with E-state index in [4.69, 9.17) is 24.2 Å². The Morgan fingerprint density at radius 3 is 2.41 bits per heavy atom. The number of rotatable bonds is 12. The second-order valence-electron chi connectivity index (χ2n) is 13.4. The average molecular weight is 711 g/mol. The summed E-state index contributed by atoms with van der Waals surface area (Å²) < 4.78 is 58.4. The van der Waals surface area contributed by atoms with Crippen molar-refractivity contribution in [3.05, 3.63) is 36.3 Å². The number of hydrogen-bond donors (Lipinski definition) is 1. The first-order valence-corrected chi connectivity index (χ1v) is 17.6. The minimum Gasteiger partial charge on any atom is -0.478 e. The molecule has 1 saturated heterocycles. The van der Waals surface area contributed by atoms with Crippen molar-refractivity contribution in [2.45, 2.75) is 65.0 Å². The van der Waals surface area contributed by atoms with E-state index in [1.54, 1.807) is 32.5 Å². The number of aromatic nitrogens is 6. The number of halogens is 3. The normalized spacial score (nSPS) is 16.7. The average Bonchev–Trinajstić information content (AvgIpc) is 3.56.